The standard InChI is InChI=1S/C9H11BrCl2Si/c1-6-5-9(13(3,11)12)7(2)4-8(6)10/h4-5H,1-3H3. The SMILES string of the molecule is Cc1cc([Si](C)(Cl)Cl)c(C)cc1Br. The van der Waals surface area contributed by atoms with E-state index in [-0.39, 0.29) is 0 Å². The van der Waals surface area contributed by atoms with Crippen LogP contribution in [0.2, 0.25) is 6.55 Å². The number of hydrogen-bond acceptors (Lipinski definition) is 0. The van der Waals surface area contributed by atoms with Crippen molar-refractivity contribution < 1.29 is 0 Å². The summed E-state index contributed by atoms with van der Waals surface area (Å²) in [4.78, 5) is 0. The second-order valence-corrected chi connectivity index (χ2v) is 11.6. The van der Waals surface area contributed by atoms with Crippen LogP contribution in [0.3, 0.4) is 0 Å². The predicted molar refractivity (Wildman–Crippen MR) is 66.6 cm³/mol. The summed E-state index contributed by atoms with van der Waals surface area (Å²) < 4.78 is 1.11. The number of benzene rings is 1. The van der Waals surface area contributed by atoms with Crippen LogP contribution in [0.25, 0.3) is 0 Å². The lowest BCUT2D eigenvalue weighted by molar-refractivity contribution is 1.39. The molecule has 0 saturated carbocycles. The summed E-state index contributed by atoms with van der Waals surface area (Å²) in [5.74, 6) is 0. The smallest absolute Gasteiger partial charge is 0.140 e. The zero-order valence-corrected chi connectivity index (χ0v) is 11.9. The molecule has 0 saturated heterocycles. The topological polar surface area (TPSA) is 0 Å². The van der Waals surface area contributed by atoms with E-state index >= 15 is 0 Å². The van der Waals surface area contributed by atoms with Crippen molar-refractivity contribution in [1.29, 1.82) is 0 Å². The van der Waals surface area contributed by atoms with Crippen molar-refractivity contribution in [2.24, 2.45) is 0 Å². The van der Waals surface area contributed by atoms with E-state index in [1.165, 1.54) is 5.56 Å². The Labute approximate surface area is 97.8 Å². The summed E-state index contributed by atoms with van der Waals surface area (Å²) >= 11 is 15.8. The molecule has 72 valence electrons. The monoisotopic (exact) mass is 296 g/mol. The lowest BCUT2D eigenvalue weighted by atomic mass is 10.2. The number of aryl methyl sites for hydroxylation is 2. The van der Waals surface area contributed by atoms with E-state index in [0.717, 1.165) is 15.2 Å². The van der Waals surface area contributed by atoms with Gasteiger partial charge in [-0.05, 0) is 42.8 Å². The van der Waals surface area contributed by atoms with Crippen molar-refractivity contribution in [3.8, 4) is 0 Å². The molecule has 0 radical (unpaired) electrons. The van der Waals surface area contributed by atoms with Crippen molar-refractivity contribution >= 4 is 50.0 Å². The van der Waals surface area contributed by atoms with E-state index in [0.29, 0.717) is 0 Å². The van der Waals surface area contributed by atoms with Crippen LogP contribution in [0.15, 0.2) is 16.6 Å². The molecular formula is C9H11BrCl2Si. The maximum Gasteiger partial charge on any atom is 0.278 e. The highest BCUT2D eigenvalue weighted by atomic mass is 79.9. The molecule has 0 aromatic heterocycles. The van der Waals surface area contributed by atoms with Gasteiger partial charge in [-0.3, -0.25) is 0 Å². The number of hydrogen-bond donors (Lipinski definition) is 0. The summed E-state index contributed by atoms with van der Waals surface area (Å²) in [5, 5.41) is 1.11. The van der Waals surface area contributed by atoms with Gasteiger partial charge in [0.25, 0.3) is 6.69 Å². The zero-order chi connectivity index (χ0) is 10.2. The van der Waals surface area contributed by atoms with Crippen LogP contribution in [0, 0.1) is 13.8 Å². The van der Waals surface area contributed by atoms with Crippen molar-refractivity contribution in [2.45, 2.75) is 20.4 Å². The summed E-state index contributed by atoms with van der Waals surface area (Å²) in [6.07, 6.45) is 0. The van der Waals surface area contributed by atoms with Crippen molar-refractivity contribution in [3.05, 3.63) is 27.7 Å². The molecule has 0 unspecified atom stereocenters. The molecule has 0 aliphatic carbocycles. The number of rotatable bonds is 1. The Balaban J connectivity index is 3.32. The van der Waals surface area contributed by atoms with Gasteiger partial charge in [-0.25, -0.2) is 0 Å². The average molecular weight is 298 g/mol. The minimum atomic E-state index is -2.21. The van der Waals surface area contributed by atoms with Crippen LogP contribution in [-0.4, -0.2) is 6.69 Å². The van der Waals surface area contributed by atoms with E-state index in [1.807, 2.05) is 20.4 Å². The average Bonchev–Trinajstić information content (AvgIpc) is 1.94. The Bertz CT molecular complexity index is 331. The van der Waals surface area contributed by atoms with Crippen LogP contribution in [0.5, 0.6) is 0 Å². The quantitative estimate of drug-likeness (QED) is 0.546. The molecule has 0 bridgehead atoms. The third kappa shape index (κ3) is 2.72. The lowest BCUT2D eigenvalue weighted by Gasteiger charge is -2.15. The fourth-order valence-corrected chi connectivity index (χ4v) is 4.17. The molecule has 1 rings (SSSR count). The molecule has 0 heterocycles. The van der Waals surface area contributed by atoms with Crippen molar-refractivity contribution in [2.75, 3.05) is 0 Å². The first-order valence-corrected chi connectivity index (χ1v) is 9.29. The Kier molecular flexibility index (Phi) is 3.50. The van der Waals surface area contributed by atoms with Crippen LogP contribution >= 0.6 is 38.1 Å². The molecule has 0 N–H and O–H groups in total. The molecule has 0 fully saturated rings. The molecule has 0 atom stereocenters. The van der Waals surface area contributed by atoms with Gasteiger partial charge in [0.15, 0.2) is 0 Å². The first-order chi connectivity index (χ1) is 5.82. The van der Waals surface area contributed by atoms with Crippen molar-refractivity contribution in [3.63, 3.8) is 0 Å². The molecule has 0 aliphatic rings. The predicted octanol–water partition coefficient (Wildman–Crippen LogP) is 3.82. The van der Waals surface area contributed by atoms with E-state index in [4.69, 9.17) is 22.2 Å². The van der Waals surface area contributed by atoms with Gasteiger partial charge in [0.05, 0.1) is 0 Å². The van der Waals surface area contributed by atoms with Gasteiger partial charge in [0.1, 0.15) is 0 Å². The minimum absolute atomic E-state index is 1.11. The van der Waals surface area contributed by atoms with Crippen LogP contribution < -0.4 is 5.19 Å². The van der Waals surface area contributed by atoms with Gasteiger partial charge in [-0.1, -0.05) is 22.0 Å². The van der Waals surface area contributed by atoms with Crippen molar-refractivity contribution in [1.82, 2.24) is 0 Å². The Morgan fingerprint density at radius 3 is 2.15 bits per heavy atom. The summed E-state index contributed by atoms with van der Waals surface area (Å²) in [7, 11) is 0. The Hall–Kier alpha value is 0.497. The molecular weight excluding hydrogens is 287 g/mol. The van der Waals surface area contributed by atoms with E-state index < -0.39 is 6.69 Å². The second-order valence-electron chi connectivity index (χ2n) is 3.30. The van der Waals surface area contributed by atoms with E-state index in [2.05, 4.69) is 28.1 Å². The lowest BCUT2D eigenvalue weighted by Crippen LogP contribution is -2.35. The van der Waals surface area contributed by atoms with Gasteiger partial charge in [-0.15, -0.1) is 22.2 Å². The largest absolute Gasteiger partial charge is 0.278 e. The third-order valence-electron chi connectivity index (χ3n) is 1.98. The first kappa shape index (κ1) is 11.6. The van der Waals surface area contributed by atoms with Crippen LogP contribution in [0.1, 0.15) is 11.1 Å². The van der Waals surface area contributed by atoms with E-state index in [9.17, 15) is 0 Å². The second kappa shape index (κ2) is 3.93. The maximum absolute atomic E-state index is 6.18. The molecule has 13 heavy (non-hydrogen) atoms. The maximum atomic E-state index is 6.18. The molecule has 0 nitrogen and oxygen atoms in total. The molecule has 0 amide bonds. The normalized spacial score (nSPS) is 11.8. The highest BCUT2D eigenvalue weighted by Gasteiger charge is 2.26. The molecule has 1 aromatic carbocycles. The summed E-state index contributed by atoms with van der Waals surface area (Å²) in [6.45, 7) is 3.79. The summed E-state index contributed by atoms with van der Waals surface area (Å²) in [6, 6.07) is 4.15. The number of halogens is 3. The molecule has 1 aromatic rings. The van der Waals surface area contributed by atoms with Crippen LogP contribution in [-0.2, 0) is 0 Å². The highest BCUT2D eigenvalue weighted by molar-refractivity contribution is 9.10. The summed E-state index contributed by atoms with van der Waals surface area (Å²) in [5.41, 5.74) is 2.34. The fourth-order valence-electron chi connectivity index (χ4n) is 1.25. The minimum Gasteiger partial charge on any atom is -0.140 e. The zero-order valence-electron chi connectivity index (χ0n) is 7.79. The first-order valence-electron chi connectivity index (χ1n) is 3.97. The molecule has 4 heteroatoms. The molecule has 0 aliphatic heterocycles. The van der Waals surface area contributed by atoms with Gasteiger partial charge >= 0.3 is 0 Å². The van der Waals surface area contributed by atoms with Gasteiger partial charge in [0, 0.05) is 4.47 Å². The van der Waals surface area contributed by atoms with Gasteiger partial charge in [0.2, 0.25) is 0 Å². The van der Waals surface area contributed by atoms with Gasteiger partial charge in [-0.2, -0.15) is 0 Å². The molecule has 0 spiro atoms. The van der Waals surface area contributed by atoms with E-state index in [1.54, 1.807) is 0 Å². The third-order valence-corrected chi connectivity index (χ3v) is 5.54. The Morgan fingerprint density at radius 2 is 1.69 bits per heavy atom. The van der Waals surface area contributed by atoms with Gasteiger partial charge < -0.3 is 0 Å². The highest BCUT2D eigenvalue weighted by Crippen LogP contribution is 2.21. The Morgan fingerprint density at radius 1 is 1.15 bits per heavy atom. The fraction of sp³-hybridized carbons (Fsp3) is 0.333. The van der Waals surface area contributed by atoms with Crippen LogP contribution in [0.4, 0.5) is 0 Å².